The van der Waals surface area contributed by atoms with Crippen LogP contribution in [0.5, 0.6) is 0 Å². The fourth-order valence-electron chi connectivity index (χ4n) is 2.17. The van der Waals surface area contributed by atoms with E-state index in [4.69, 9.17) is 0 Å². The topological polar surface area (TPSA) is 0 Å². The van der Waals surface area contributed by atoms with Crippen LogP contribution < -0.4 is 0 Å². The molecule has 0 atom stereocenters. The smallest absolute Gasteiger partial charge is 0.00976 e. The Kier molecular flexibility index (Phi) is 5.37. The Morgan fingerprint density at radius 3 is 1.25 bits per heavy atom. The van der Waals surface area contributed by atoms with Gasteiger partial charge in [-0.2, -0.15) is 0 Å². The van der Waals surface area contributed by atoms with Gasteiger partial charge in [0.1, 0.15) is 0 Å². The van der Waals surface area contributed by atoms with Crippen molar-refractivity contribution in [3.8, 4) is 11.1 Å². The maximum atomic E-state index is 2.21. The molecule has 0 aliphatic heterocycles. The van der Waals surface area contributed by atoms with Crippen LogP contribution >= 0.6 is 0 Å². The molecule has 0 saturated heterocycles. The van der Waals surface area contributed by atoms with Gasteiger partial charge < -0.3 is 0 Å². The van der Waals surface area contributed by atoms with E-state index in [1.54, 1.807) is 0 Å². The van der Waals surface area contributed by atoms with Crippen LogP contribution in [0, 0.1) is 0 Å². The summed E-state index contributed by atoms with van der Waals surface area (Å²) in [7, 11) is 0. The molecule has 0 bridgehead atoms. The zero-order chi connectivity index (χ0) is 14.2. The van der Waals surface area contributed by atoms with E-state index < -0.39 is 0 Å². The van der Waals surface area contributed by atoms with Gasteiger partial charge in [-0.05, 0) is 48.9 Å². The Morgan fingerprint density at radius 2 is 0.950 bits per heavy atom. The van der Waals surface area contributed by atoms with Crippen LogP contribution in [0.4, 0.5) is 0 Å². The van der Waals surface area contributed by atoms with Gasteiger partial charge in [-0.3, -0.25) is 0 Å². The molecular weight excluding hydrogens is 240 g/mol. The van der Waals surface area contributed by atoms with Gasteiger partial charge in [0.15, 0.2) is 0 Å². The molecule has 102 valence electrons. The van der Waals surface area contributed by atoms with Gasteiger partial charge in [0.05, 0.1) is 0 Å². The van der Waals surface area contributed by atoms with Crippen molar-refractivity contribution < 1.29 is 0 Å². The lowest BCUT2D eigenvalue weighted by Gasteiger charge is -2.04. The van der Waals surface area contributed by atoms with E-state index in [-0.39, 0.29) is 0 Å². The Morgan fingerprint density at radius 1 is 0.600 bits per heavy atom. The van der Waals surface area contributed by atoms with Gasteiger partial charge >= 0.3 is 0 Å². The molecule has 0 heterocycles. The van der Waals surface area contributed by atoms with Crippen molar-refractivity contribution in [2.75, 3.05) is 0 Å². The lowest BCUT2D eigenvalue weighted by atomic mass is 10.0. The van der Waals surface area contributed by atoms with Gasteiger partial charge in [-0.1, -0.05) is 72.8 Å². The SMILES string of the molecule is CC=CCc1ccc(-c2ccc(CC=CC)cc2)cc1. The molecule has 20 heavy (non-hydrogen) atoms. The molecule has 2 aromatic carbocycles. The zero-order valence-corrected chi connectivity index (χ0v) is 12.3. The molecule has 0 heteroatoms. The summed E-state index contributed by atoms with van der Waals surface area (Å²) in [6, 6.07) is 17.7. The fraction of sp³-hybridized carbons (Fsp3) is 0.200. The molecule has 0 fully saturated rings. The summed E-state index contributed by atoms with van der Waals surface area (Å²) in [4.78, 5) is 0. The lowest BCUT2D eigenvalue weighted by molar-refractivity contribution is 1.26. The van der Waals surface area contributed by atoms with Crippen molar-refractivity contribution >= 4 is 0 Å². The monoisotopic (exact) mass is 262 g/mol. The summed E-state index contributed by atoms with van der Waals surface area (Å²) in [6.45, 7) is 4.12. The molecule has 0 unspecified atom stereocenters. The number of rotatable bonds is 5. The Balaban J connectivity index is 2.11. The van der Waals surface area contributed by atoms with Crippen molar-refractivity contribution in [1.29, 1.82) is 0 Å². The van der Waals surface area contributed by atoms with Crippen LogP contribution in [0.3, 0.4) is 0 Å². The van der Waals surface area contributed by atoms with Crippen molar-refractivity contribution in [2.45, 2.75) is 26.7 Å². The second kappa shape index (κ2) is 7.49. The van der Waals surface area contributed by atoms with Crippen molar-refractivity contribution in [3.63, 3.8) is 0 Å². The maximum Gasteiger partial charge on any atom is -0.00976 e. The van der Waals surface area contributed by atoms with Gasteiger partial charge in [0.25, 0.3) is 0 Å². The van der Waals surface area contributed by atoms with E-state index in [1.807, 2.05) is 0 Å². The fourth-order valence-corrected chi connectivity index (χ4v) is 2.17. The minimum Gasteiger partial charge on any atom is -0.0913 e. The first kappa shape index (κ1) is 14.3. The van der Waals surface area contributed by atoms with E-state index in [2.05, 4.69) is 86.7 Å². The van der Waals surface area contributed by atoms with Gasteiger partial charge in [0, 0.05) is 0 Å². The summed E-state index contributed by atoms with van der Waals surface area (Å²) < 4.78 is 0. The van der Waals surface area contributed by atoms with Crippen LogP contribution in [0.25, 0.3) is 11.1 Å². The van der Waals surface area contributed by atoms with Crippen LogP contribution in [0.2, 0.25) is 0 Å². The van der Waals surface area contributed by atoms with Crippen LogP contribution in [0.1, 0.15) is 25.0 Å². The predicted molar refractivity (Wildman–Crippen MR) is 88.9 cm³/mol. The maximum absolute atomic E-state index is 2.21. The first-order chi connectivity index (χ1) is 9.83. The van der Waals surface area contributed by atoms with E-state index in [9.17, 15) is 0 Å². The molecule has 0 radical (unpaired) electrons. The largest absolute Gasteiger partial charge is 0.0913 e. The third-order valence-corrected chi connectivity index (χ3v) is 3.42. The zero-order valence-electron chi connectivity index (χ0n) is 12.3. The standard InChI is InChI=1S/C20H22/c1-3-5-7-17-9-13-19(14-10-17)20-15-11-18(12-16-20)8-6-4-2/h3-6,9-16H,7-8H2,1-2H3. The summed E-state index contributed by atoms with van der Waals surface area (Å²) in [5, 5.41) is 0. The first-order valence-corrected chi connectivity index (χ1v) is 7.24. The molecule has 2 rings (SSSR count). The van der Waals surface area contributed by atoms with E-state index in [1.165, 1.54) is 22.3 Å². The second-order valence-electron chi connectivity index (χ2n) is 4.94. The number of allylic oxidation sites excluding steroid dienone is 4. The quantitative estimate of drug-likeness (QED) is 0.616. The highest BCUT2D eigenvalue weighted by molar-refractivity contribution is 5.64. The Labute approximate surface area is 122 Å². The Hall–Kier alpha value is -2.08. The van der Waals surface area contributed by atoms with Crippen LogP contribution in [-0.4, -0.2) is 0 Å². The predicted octanol–water partition coefficient (Wildman–Crippen LogP) is 5.59. The lowest BCUT2D eigenvalue weighted by Crippen LogP contribution is -1.84. The molecule has 0 nitrogen and oxygen atoms in total. The summed E-state index contributed by atoms with van der Waals surface area (Å²) in [6.07, 6.45) is 10.6. The molecule has 0 aliphatic carbocycles. The Bertz CT molecular complexity index is 513. The minimum absolute atomic E-state index is 1.01. The average Bonchev–Trinajstić information content (AvgIpc) is 2.52. The highest BCUT2D eigenvalue weighted by Gasteiger charge is 1.98. The van der Waals surface area contributed by atoms with Gasteiger partial charge in [0.2, 0.25) is 0 Å². The van der Waals surface area contributed by atoms with E-state index in [0.29, 0.717) is 0 Å². The molecule has 0 saturated carbocycles. The van der Waals surface area contributed by atoms with Crippen molar-refractivity contribution in [1.82, 2.24) is 0 Å². The first-order valence-electron chi connectivity index (χ1n) is 7.24. The average molecular weight is 262 g/mol. The van der Waals surface area contributed by atoms with Crippen LogP contribution in [-0.2, 0) is 12.8 Å². The summed E-state index contributed by atoms with van der Waals surface area (Å²) in [5.74, 6) is 0. The molecule has 2 aromatic rings. The highest BCUT2D eigenvalue weighted by Crippen LogP contribution is 2.21. The summed E-state index contributed by atoms with van der Waals surface area (Å²) in [5.41, 5.74) is 5.28. The highest BCUT2D eigenvalue weighted by atomic mass is 14.0. The molecule has 0 amide bonds. The molecular formula is C20H22. The van der Waals surface area contributed by atoms with Gasteiger partial charge in [-0.25, -0.2) is 0 Å². The second-order valence-corrected chi connectivity index (χ2v) is 4.94. The molecule has 0 N–H and O–H groups in total. The third-order valence-electron chi connectivity index (χ3n) is 3.42. The van der Waals surface area contributed by atoms with Crippen LogP contribution in [0.15, 0.2) is 72.8 Å². The third kappa shape index (κ3) is 3.96. The van der Waals surface area contributed by atoms with Crippen molar-refractivity contribution in [2.24, 2.45) is 0 Å². The molecule has 0 aliphatic rings. The number of hydrogen-bond donors (Lipinski definition) is 0. The van der Waals surface area contributed by atoms with E-state index >= 15 is 0 Å². The van der Waals surface area contributed by atoms with Crippen molar-refractivity contribution in [3.05, 3.63) is 84.0 Å². The summed E-state index contributed by atoms with van der Waals surface area (Å²) >= 11 is 0. The molecule has 0 spiro atoms. The molecule has 0 aromatic heterocycles. The number of benzene rings is 2. The normalized spacial score (nSPS) is 11.5. The van der Waals surface area contributed by atoms with E-state index in [0.717, 1.165) is 12.8 Å². The van der Waals surface area contributed by atoms with Gasteiger partial charge in [-0.15, -0.1) is 0 Å². The minimum atomic E-state index is 1.01. The number of hydrogen-bond acceptors (Lipinski definition) is 0.